The summed E-state index contributed by atoms with van der Waals surface area (Å²) < 4.78 is 6.90. The summed E-state index contributed by atoms with van der Waals surface area (Å²) in [6, 6.07) is -0.413. The van der Waals surface area contributed by atoms with Crippen molar-refractivity contribution < 1.29 is 24.9 Å². The molecule has 1 fully saturated rings. The molecule has 0 spiro atoms. The van der Waals surface area contributed by atoms with Gasteiger partial charge in [-0.3, -0.25) is 9.88 Å². The predicted octanol–water partition coefficient (Wildman–Crippen LogP) is -1.03. The monoisotopic (exact) mass is 352 g/mol. The zero-order valence-corrected chi connectivity index (χ0v) is 13.5. The van der Waals surface area contributed by atoms with Crippen molar-refractivity contribution in [3.05, 3.63) is 12.7 Å². The van der Waals surface area contributed by atoms with E-state index in [9.17, 15) is 20.1 Å². The van der Waals surface area contributed by atoms with Crippen molar-refractivity contribution >= 4 is 23.0 Å². The van der Waals surface area contributed by atoms with Gasteiger partial charge in [-0.25, -0.2) is 19.7 Å². The summed E-state index contributed by atoms with van der Waals surface area (Å²) in [5.74, 6) is 0.212. The molecule has 5 N–H and O–H groups in total. The van der Waals surface area contributed by atoms with E-state index in [4.69, 9.17) is 4.74 Å². The summed E-state index contributed by atoms with van der Waals surface area (Å²) in [6.45, 7) is 2.03. The Balaban J connectivity index is 1.87. The van der Waals surface area contributed by atoms with Crippen LogP contribution in [-0.4, -0.2) is 72.3 Å². The van der Waals surface area contributed by atoms with Gasteiger partial charge >= 0.3 is 6.03 Å². The van der Waals surface area contributed by atoms with Gasteiger partial charge in [0.2, 0.25) is 0 Å². The minimum Gasteiger partial charge on any atom is -0.394 e. The van der Waals surface area contributed by atoms with Crippen molar-refractivity contribution in [2.24, 2.45) is 0 Å². The van der Waals surface area contributed by atoms with Crippen molar-refractivity contribution in [1.29, 1.82) is 0 Å². The third kappa shape index (κ3) is 3.26. The van der Waals surface area contributed by atoms with Crippen LogP contribution in [-0.2, 0) is 4.74 Å². The highest BCUT2D eigenvalue weighted by Crippen LogP contribution is 2.31. The zero-order chi connectivity index (χ0) is 18.0. The number of rotatable bonds is 5. The molecule has 0 saturated carbocycles. The first-order valence-electron chi connectivity index (χ1n) is 7.91. The quantitative estimate of drug-likeness (QED) is 0.457. The Kier molecular flexibility index (Phi) is 5.08. The first-order chi connectivity index (χ1) is 12.1. The van der Waals surface area contributed by atoms with E-state index in [1.165, 1.54) is 17.2 Å². The topological polar surface area (TPSA) is 155 Å². The number of nitrogens with one attached hydrogen (secondary N) is 2. The van der Waals surface area contributed by atoms with Crippen LogP contribution in [0.5, 0.6) is 0 Å². The van der Waals surface area contributed by atoms with E-state index in [2.05, 4.69) is 25.6 Å². The van der Waals surface area contributed by atoms with Gasteiger partial charge in [0.25, 0.3) is 0 Å². The highest BCUT2D eigenvalue weighted by atomic mass is 16.6. The van der Waals surface area contributed by atoms with Gasteiger partial charge in [0.15, 0.2) is 23.2 Å². The van der Waals surface area contributed by atoms with Crippen LogP contribution in [0.15, 0.2) is 12.7 Å². The van der Waals surface area contributed by atoms with Crippen LogP contribution in [0.2, 0.25) is 0 Å². The number of aromatic nitrogens is 4. The van der Waals surface area contributed by atoms with Crippen LogP contribution >= 0.6 is 0 Å². The number of amides is 2. The van der Waals surface area contributed by atoms with E-state index in [1.807, 2.05) is 6.92 Å². The average Bonchev–Trinajstić information content (AvgIpc) is 3.16. The second kappa shape index (κ2) is 7.27. The highest BCUT2D eigenvalue weighted by molar-refractivity contribution is 5.95. The lowest BCUT2D eigenvalue weighted by Crippen LogP contribution is -2.33. The van der Waals surface area contributed by atoms with Gasteiger partial charge in [0.05, 0.1) is 12.9 Å². The Bertz CT molecular complexity index is 752. The smallest absolute Gasteiger partial charge is 0.320 e. The molecule has 11 heteroatoms. The van der Waals surface area contributed by atoms with E-state index in [0.29, 0.717) is 17.7 Å². The number of anilines is 1. The normalized spacial score (nSPS) is 26.1. The van der Waals surface area contributed by atoms with Crippen LogP contribution in [0.25, 0.3) is 11.2 Å². The van der Waals surface area contributed by atoms with Crippen LogP contribution in [0, 0.1) is 0 Å². The van der Waals surface area contributed by atoms with Gasteiger partial charge in [-0.15, -0.1) is 0 Å². The molecule has 0 aromatic carbocycles. The first kappa shape index (κ1) is 17.5. The van der Waals surface area contributed by atoms with Crippen LogP contribution in [0.3, 0.4) is 0 Å². The lowest BCUT2D eigenvalue weighted by atomic mass is 10.1. The fourth-order valence-electron chi connectivity index (χ4n) is 2.63. The Morgan fingerprint density at radius 1 is 1.32 bits per heavy atom. The number of aliphatic hydroxyl groups excluding tert-OH is 3. The molecule has 1 aliphatic heterocycles. The summed E-state index contributed by atoms with van der Waals surface area (Å²) in [6.07, 6.45) is -0.940. The molecule has 1 saturated heterocycles. The number of nitrogens with zero attached hydrogens (tertiary/aromatic N) is 4. The second-order valence-corrected chi connectivity index (χ2v) is 5.66. The number of carbonyl (C=O) groups is 1. The Hall–Kier alpha value is -2.34. The molecule has 3 heterocycles. The average molecular weight is 352 g/mol. The number of imidazole rings is 1. The summed E-state index contributed by atoms with van der Waals surface area (Å²) in [5, 5.41) is 34.5. The molecule has 25 heavy (non-hydrogen) atoms. The first-order valence-corrected chi connectivity index (χ1v) is 7.91. The van der Waals surface area contributed by atoms with E-state index in [1.54, 1.807) is 0 Å². The second-order valence-electron chi connectivity index (χ2n) is 5.66. The zero-order valence-electron chi connectivity index (χ0n) is 13.5. The summed E-state index contributed by atoms with van der Waals surface area (Å²) in [5.41, 5.74) is 0.627. The van der Waals surface area contributed by atoms with E-state index in [0.717, 1.165) is 6.42 Å². The number of urea groups is 1. The molecule has 136 valence electrons. The van der Waals surface area contributed by atoms with E-state index < -0.39 is 37.2 Å². The highest BCUT2D eigenvalue weighted by Gasteiger charge is 2.44. The Morgan fingerprint density at radius 2 is 2.12 bits per heavy atom. The standard InChI is InChI=1S/C14H20N6O5/c1-2-3-15-14(24)19-11-8-12(17-5-16-11)20(6-18-8)13-10(23)9(22)7(4-21)25-13/h5-7,9-10,13,21-23H,2-4H2,1H3,(H2,15,16,17,19,24)/t7-,9-,10-,13-/m1/s1. The number of aliphatic hydroxyl groups is 3. The number of carbonyl (C=O) groups excluding carboxylic acids is 1. The molecule has 0 bridgehead atoms. The maximum atomic E-state index is 11.8. The van der Waals surface area contributed by atoms with E-state index in [-0.39, 0.29) is 5.82 Å². The largest absolute Gasteiger partial charge is 0.394 e. The van der Waals surface area contributed by atoms with E-state index >= 15 is 0 Å². The molecule has 3 rings (SSSR count). The van der Waals surface area contributed by atoms with Crippen molar-refractivity contribution in [2.75, 3.05) is 18.5 Å². The minimum atomic E-state index is -1.26. The van der Waals surface area contributed by atoms with Crippen molar-refractivity contribution in [2.45, 2.75) is 37.9 Å². The van der Waals surface area contributed by atoms with Gasteiger partial charge in [0, 0.05) is 6.54 Å². The third-order valence-electron chi connectivity index (χ3n) is 3.92. The maximum absolute atomic E-state index is 11.8. The number of ether oxygens (including phenoxy) is 1. The summed E-state index contributed by atoms with van der Waals surface area (Å²) in [4.78, 5) is 24.1. The van der Waals surface area contributed by atoms with Crippen molar-refractivity contribution in [3.63, 3.8) is 0 Å². The van der Waals surface area contributed by atoms with Crippen LogP contribution < -0.4 is 10.6 Å². The summed E-state index contributed by atoms with van der Waals surface area (Å²) in [7, 11) is 0. The van der Waals surface area contributed by atoms with Crippen LogP contribution in [0.4, 0.5) is 10.6 Å². The molecule has 2 amide bonds. The predicted molar refractivity (Wildman–Crippen MR) is 85.6 cm³/mol. The van der Waals surface area contributed by atoms with Gasteiger partial charge in [0.1, 0.15) is 24.6 Å². The maximum Gasteiger partial charge on any atom is 0.320 e. The molecule has 4 atom stereocenters. The number of hydrogen-bond donors (Lipinski definition) is 5. The molecule has 11 nitrogen and oxygen atoms in total. The van der Waals surface area contributed by atoms with Gasteiger partial charge in [-0.05, 0) is 6.42 Å². The fraction of sp³-hybridized carbons (Fsp3) is 0.571. The van der Waals surface area contributed by atoms with Crippen molar-refractivity contribution in [1.82, 2.24) is 24.8 Å². The molecular formula is C14H20N6O5. The fourth-order valence-corrected chi connectivity index (χ4v) is 2.63. The lowest BCUT2D eigenvalue weighted by Gasteiger charge is -2.16. The molecule has 2 aromatic heterocycles. The van der Waals surface area contributed by atoms with Gasteiger partial charge < -0.3 is 25.4 Å². The van der Waals surface area contributed by atoms with Crippen LogP contribution in [0.1, 0.15) is 19.6 Å². The Labute approximate surface area is 142 Å². The number of fused-ring (bicyclic) bond motifs is 1. The van der Waals surface area contributed by atoms with Crippen molar-refractivity contribution in [3.8, 4) is 0 Å². The minimum absolute atomic E-state index is 0.212. The number of hydrogen-bond acceptors (Lipinski definition) is 8. The molecule has 0 unspecified atom stereocenters. The van der Waals surface area contributed by atoms with Gasteiger partial charge in [-0.2, -0.15) is 0 Å². The summed E-state index contributed by atoms with van der Waals surface area (Å²) >= 11 is 0. The lowest BCUT2D eigenvalue weighted by molar-refractivity contribution is -0.0511. The molecule has 1 aliphatic rings. The Morgan fingerprint density at radius 3 is 2.80 bits per heavy atom. The molecule has 0 aliphatic carbocycles. The van der Waals surface area contributed by atoms with Gasteiger partial charge in [-0.1, -0.05) is 6.92 Å². The molecule has 0 radical (unpaired) electrons. The molecular weight excluding hydrogens is 332 g/mol. The molecule has 2 aromatic rings. The SMILES string of the molecule is CCCNC(=O)Nc1ncnc2c1ncn2[C@@H]1O[C@H](CO)[C@@H](O)[C@H]1O. The third-order valence-corrected chi connectivity index (χ3v) is 3.92.